The molecule has 1 N–H and O–H groups in total. The number of carbonyl (C=O) groups is 1. The van der Waals surface area contributed by atoms with E-state index in [-0.39, 0.29) is 12.1 Å². The Morgan fingerprint density at radius 2 is 2.29 bits per heavy atom. The van der Waals surface area contributed by atoms with Crippen LogP contribution in [0.25, 0.3) is 0 Å². The molecule has 5 heteroatoms. The molecule has 0 radical (unpaired) electrons. The average molecular weight is 310 g/mol. The molecule has 116 valence electrons. The molecule has 0 saturated carbocycles. The van der Waals surface area contributed by atoms with Crippen LogP contribution in [0.2, 0.25) is 5.02 Å². The Morgan fingerprint density at radius 1 is 1.52 bits per heavy atom. The van der Waals surface area contributed by atoms with Crippen molar-refractivity contribution in [2.24, 2.45) is 5.92 Å². The molecule has 0 aromatic heterocycles. The van der Waals surface area contributed by atoms with Gasteiger partial charge in [0.1, 0.15) is 0 Å². The quantitative estimate of drug-likeness (QED) is 0.927. The van der Waals surface area contributed by atoms with E-state index in [0.717, 1.165) is 31.7 Å². The number of amides is 2. The Hall–Kier alpha value is -1.26. The van der Waals surface area contributed by atoms with Crippen LogP contribution in [-0.4, -0.2) is 48.6 Å². The first kappa shape index (κ1) is 16.1. The molecule has 1 aromatic rings. The summed E-state index contributed by atoms with van der Waals surface area (Å²) in [6.45, 7) is 7.59. The van der Waals surface area contributed by atoms with E-state index in [4.69, 9.17) is 11.6 Å². The van der Waals surface area contributed by atoms with Gasteiger partial charge in [0.25, 0.3) is 0 Å². The maximum atomic E-state index is 12.4. The van der Waals surface area contributed by atoms with Crippen molar-refractivity contribution in [2.45, 2.75) is 26.3 Å². The van der Waals surface area contributed by atoms with Gasteiger partial charge >= 0.3 is 6.03 Å². The number of piperidine rings is 1. The second kappa shape index (κ2) is 7.14. The first-order valence-corrected chi connectivity index (χ1v) is 7.90. The van der Waals surface area contributed by atoms with Crippen molar-refractivity contribution >= 4 is 23.3 Å². The van der Waals surface area contributed by atoms with Crippen molar-refractivity contribution in [3.05, 3.63) is 29.3 Å². The van der Waals surface area contributed by atoms with Gasteiger partial charge in [-0.15, -0.1) is 0 Å². The first-order valence-electron chi connectivity index (χ1n) is 7.53. The summed E-state index contributed by atoms with van der Waals surface area (Å²) in [5.41, 5.74) is 0.734. The normalized spacial score (nSPS) is 22.9. The predicted octanol–water partition coefficient (Wildman–Crippen LogP) is 3.53. The minimum absolute atomic E-state index is 0.0703. The van der Waals surface area contributed by atoms with Crippen LogP contribution in [0.1, 0.15) is 20.3 Å². The third-order valence-corrected chi connectivity index (χ3v) is 4.52. The molecule has 2 rings (SSSR count). The summed E-state index contributed by atoms with van der Waals surface area (Å²) >= 11 is 5.94. The fourth-order valence-electron chi connectivity index (χ4n) is 3.01. The first-order chi connectivity index (χ1) is 10.0. The number of likely N-dealkylation sites (tertiary alicyclic amines) is 1. The van der Waals surface area contributed by atoms with Gasteiger partial charge in [0.05, 0.1) is 0 Å². The Balaban J connectivity index is 1.96. The maximum Gasteiger partial charge on any atom is 0.321 e. The highest BCUT2D eigenvalue weighted by atomic mass is 35.5. The molecule has 1 saturated heterocycles. The van der Waals surface area contributed by atoms with E-state index < -0.39 is 0 Å². The Bertz CT molecular complexity index is 494. The molecule has 1 aliphatic heterocycles. The molecular formula is C16H24ClN3O. The number of halogens is 1. The number of nitrogens with one attached hydrogen (secondary N) is 1. The standard InChI is InChI=1S/C16H24ClN3O/c1-4-20-9-8-15(12(2)11-20)19(3)16(21)18-14-7-5-6-13(17)10-14/h5-7,10,12,15H,4,8-9,11H2,1-3H3,(H,18,21)/t12-,15-/m0/s1. The van der Waals surface area contributed by atoms with Crippen LogP contribution in [0, 0.1) is 5.92 Å². The van der Waals surface area contributed by atoms with Gasteiger partial charge < -0.3 is 15.1 Å². The van der Waals surface area contributed by atoms with E-state index in [0.29, 0.717) is 10.9 Å². The van der Waals surface area contributed by atoms with Gasteiger partial charge in [-0.1, -0.05) is 31.5 Å². The van der Waals surface area contributed by atoms with Crippen molar-refractivity contribution in [1.29, 1.82) is 0 Å². The van der Waals surface area contributed by atoms with Crippen LogP contribution in [-0.2, 0) is 0 Å². The average Bonchev–Trinajstić information content (AvgIpc) is 2.46. The molecule has 21 heavy (non-hydrogen) atoms. The molecule has 1 aliphatic rings. The minimum atomic E-state index is -0.0703. The zero-order chi connectivity index (χ0) is 15.4. The van der Waals surface area contributed by atoms with Crippen LogP contribution in [0.15, 0.2) is 24.3 Å². The van der Waals surface area contributed by atoms with Crippen LogP contribution in [0.4, 0.5) is 10.5 Å². The van der Waals surface area contributed by atoms with Gasteiger partial charge in [-0.3, -0.25) is 0 Å². The van der Waals surface area contributed by atoms with Crippen molar-refractivity contribution in [2.75, 3.05) is 32.0 Å². The van der Waals surface area contributed by atoms with E-state index in [1.807, 2.05) is 24.1 Å². The number of hydrogen-bond acceptors (Lipinski definition) is 2. The summed E-state index contributed by atoms with van der Waals surface area (Å²) in [6, 6.07) is 7.45. The third kappa shape index (κ3) is 4.11. The highest BCUT2D eigenvalue weighted by Crippen LogP contribution is 2.22. The predicted molar refractivity (Wildman–Crippen MR) is 87.9 cm³/mol. The van der Waals surface area contributed by atoms with Gasteiger partial charge in [-0.2, -0.15) is 0 Å². The number of benzene rings is 1. The van der Waals surface area contributed by atoms with Crippen LogP contribution in [0.3, 0.4) is 0 Å². The zero-order valence-electron chi connectivity index (χ0n) is 13.0. The van der Waals surface area contributed by atoms with Crippen LogP contribution in [0.5, 0.6) is 0 Å². The fraction of sp³-hybridized carbons (Fsp3) is 0.562. The minimum Gasteiger partial charge on any atom is -0.324 e. The highest BCUT2D eigenvalue weighted by Gasteiger charge is 2.30. The van der Waals surface area contributed by atoms with E-state index >= 15 is 0 Å². The van der Waals surface area contributed by atoms with Crippen LogP contribution >= 0.6 is 11.6 Å². The van der Waals surface area contributed by atoms with Gasteiger partial charge in [-0.25, -0.2) is 4.79 Å². The van der Waals surface area contributed by atoms with Gasteiger partial charge in [0, 0.05) is 36.9 Å². The molecule has 0 unspecified atom stereocenters. The second-order valence-corrected chi connectivity index (χ2v) is 6.21. The van der Waals surface area contributed by atoms with Crippen LogP contribution < -0.4 is 5.32 Å². The molecule has 0 bridgehead atoms. The van der Waals surface area contributed by atoms with E-state index in [1.165, 1.54) is 0 Å². The summed E-state index contributed by atoms with van der Waals surface area (Å²) in [6.07, 6.45) is 1.02. The Kier molecular flexibility index (Phi) is 5.48. The van der Waals surface area contributed by atoms with Crippen molar-refractivity contribution in [3.63, 3.8) is 0 Å². The molecule has 4 nitrogen and oxygen atoms in total. The molecule has 1 heterocycles. The molecule has 2 atom stereocenters. The summed E-state index contributed by atoms with van der Waals surface area (Å²) < 4.78 is 0. The summed E-state index contributed by atoms with van der Waals surface area (Å²) in [5, 5.41) is 3.54. The number of hydrogen-bond donors (Lipinski definition) is 1. The van der Waals surface area contributed by atoms with Gasteiger partial charge in [0.2, 0.25) is 0 Å². The van der Waals surface area contributed by atoms with Crippen molar-refractivity contribution in [3.8, 4) is 0 Å². The monoisotopic (exact) mass is 309 g/mol. The number of carbonyl (C=O) groups excluding carboxylic acids is 1. The molecule has 1 aromatic carbocycles. The summed E-state index contributed by atoms with van der Waals surface area (Å²) in [7, 11) is 1.88. The second-order valence-electron chi connectivity index (χ2n) is 5.78. The molecule has 0 spiro atoms. The fourth-order valence-corrected chi connectivity index (χ4v) is 3.20. The lowest BCUT2D eigenvalue weighted by Gasteiger charge is -2.40. The van der Waals surface area contributed by atoms with Gasteiger partial charge in [-0.05, 0) is 37.1 Å². The van der Waals surface area contributed by atoms with E-state index in [1.54, 1.807) is 12.1 Å². The SMILES string of the molecule is CCN1CC[C@H](N(C)C(=O)Nc2cccc(Cl)c2)[C@@H](C)C1. The van der Waals surface area contributed by atoms with Crippen molar-refractivity contribution < 1.29 is 4.79 Å². The molecule has 0 aliphatic carbocycles. The topological polar surface area (TPSA) is 35.6 Å². The number of anilines is 1. The Labute approximate surface area is 132 Å². The number of nitrogens with zero attached hydrogens (tertiary/aromatic N) is 2. The zero-order valence-corrected chi connectivity index (χ0v) is 13.7. The number of rotatable bonds is 3. The van der Waals surface area contributed by atoms with Crippen molar-refractivity contribution in [1.82, 2.24) is 9.80 Å². The Morgan fingerprint density at radius 3 is 2.90 bits per heavy atom. The smallest absolute Gasteiger partial charge is 0.321 e. The maximum absolute atomic E-state index is 12.4. The lowest BCUT2D eigenvalue weighted by Crippen LogP contribution is -2.51. The number of urea groups is 1. The molecule has 1 fully saturated rings. The highest BCUT2D eigenvalue weighted by molar-refractivity contribution is 6.30. The lowest BCUT2D eigenvalue weighted by molar-refractivity contribution is 0.101. The molecular weight excluding hydrogens is 286 g/mol. The third-order valence-electron chi connectivity index (χ3n) is 4.29. The largest absolute Gasteiger partial charge is 0.324 e. The molecule has 2 amide bonds. The summed E-state index contributed by atoms with van der Waals surface area (Å²) in [4.78, 5) is 16.6. The summed E-state index contributed by atoms with van der Waals surface area (Å²) in [5.74, 6) is 0.480. The van der Waals surface area contributed by atoms with E-state index in [9.17, 15) is 4.79 Å². The lowest BCUT2D eigenvalue weighted by atomic mass is 9.93. The van der Waals surface area contributed by atoms with Gasteiger partial charge in [0.15, 0.2) is 0 Å². The van der Waals surface area contributed by atoms with E-state index in [2.05, 4.69) is 24.1 Å².